The Morgan fingerprint density at radius 3 is 1.54 bits per heavy atom. The highest BCUT2D eigenvalue weighted by Crippen LogP contribution is 2.13. The first kappa shape index (κ1) is 71.1. The highest BCUT2D eigenvalue weighted by Gasteiger charge is 2.37. The lowest BCUT2D eigenvalue weighted by atomic mass is 10.00. The van der Waals surface area contributed by atoms with E-state index in [1.807, 2.05) is 0 Å². The number of carboxylic acids is 2. The molecule has 0 aliphatic carbocycles. The van der Waals surface area contributed by atoms with E-state index in [2.05, 4.69) is 58.2 Å². The summed E-state index contributed by atoms with van der Waals surface area (Å²) < 4.78 is 0. The number of rotatable bonds is 38. The summed E-state index contributed by atoms with van der Waals surface area (Å²) >= 11 is 0. The Kier molecular flexibility index (Phi) is 31.2. The summed E-state index contributed by atoms with van der Waals surface area (Å²) in [4.78, 5) is 163. The first-order valence-electron chi connectivity index (χ1n) is 27.7. The number of unbranched alkanes of at least 4 members (excludes halogenated alkanes) is 1. The summed E-state index contributed by atoms with van der Waals surface area (Å²) in [5, 5.41) is 55.3. The zero-order chi connectivity index (χ0) is 62.5. The van der Waals surface area contributed by atoms with Crippen molar-refractivity contribution in [3.63, 3.8) is 0 Å². The molecule has 0 unspecified atom stereocenters. The predicted octanol–water partition coefficient (Wildman–Crippen LogP) is -4.55. The van der Waals surface area contributed by atoms with E-state index >= 15 is 0 Å². The van der Waals surface area contributed by atoms with Gasteiger partial charge in [0.15, 0.2) is 5.96 Å². The maximum Gasteiger partial charge on any atom is 0.326 e. The highest BCUT2D eigenvalue weighted by atomic mass is 16.4. The summed E-state index contributed by atoms with van der Waals surface area (Å²) in [6, 6.07) is -5.16. The molecule has 0 radical (unpaired) electrons. The van der Waals surface area contributed by atoms with Gasteiger partial charge in [0.2, 0.25) is 59.1 Å². The minimum absolute atomic E-state index is 0.000969. The molecule has 11 atom stereocenters. The fourth-order valence-electron chi connectivity index (χ4n) is 8.55. The van der Waals surface area contributed by atoms with Gasteiger partial charge in [0.1, 0.15) is 54.4 Å². The number of carboxylic acid groups (broad SMARTS) is 2. The van der Waals surface area contributed by atoms with Gasteiger partial charge in [-0.15, -0.1) is 0 Å². The van der Waals surface area contributed by atoms with Crippen LogP contribution >= 0.6 is 0 Å². The number of carbonyl (C=O) groups excluding carboxylic acids is 10. The van der Waals surface area contributed by atoms with Crippen molar-refractivity contribution in [1.82, 2.24) is 53.2 Å². The minimum Gasteiger partial charge on any atom is -0.481 e. The smallest absolute Gasteiger partial charge is 0.326 e. The molecular formula is C53H87N15O15. The molecule has 464 valence electrons. The number of primary amides is 1. The number of nitrogens with two attached hydrogens (primary N) is 4. The number of hydrogen-bond donors (Lipinski definition) is 17. The zero-order valence-electron chi connectivity index (χ0n) is 48.0. The topological polar surface area (TPSA) is 502 Å². The first-order chi connectivity index (χ1) is 39.1. The lowest BCUT2D eigenvalue weighted by Crippen LogP contribution is -2.61. The molecule has 0 aromatic heterocycles. The number of benzene rings is 1. The molecule has 30 heteroatoms. The molecule has 1 saturated heterocycles. The van der Waals surface area contributed by atoms with Crippen molar-refractivity contribution in [2.45, 2.75) is 185 Å². The number of nitrogens with one attached hydrogen (secondary N) is 10. The van der Waals surface area contributed by atoms with Crippen LogP contribution in [0.25, 0.3) is 0 Å². The molecule has 0 saturated carbocycles. The number of aliphatic hydroxyl groups excluding tert-OH is 1. The second-order valence-electron chi connectivity index (χ2n) is 21.1. The van der Waals surface area contributed by atoms with Gasteiger partial charge in [0.25, 0.3) is 0 Å². The Morgan fingerprint density at radius 1 is 0.566 bits per heavy atom. The third-order valence-electron chi connectivity index (χ3n) is 13.3. The normalized spacial score (nSPS) is 16.5. The van der Waals surface area contributed by atoms with Crippen LogP contribution in [-0.2, 0) is 64.0 Å². The summed E-state index contributed by atoms with van der Waals surface area (Å²) in [5.74, 6) is -13.0. The SMILES string of the molecule is CC(C)[C@H](NC(=O)[C@H](CCC(=O)O)NC(=O)[C@@H](NC(=O)[C@@H]1CCCN1)[C@@H](C)O)C(=O)N[C@@H](C)C(=O)N[C@@H](CCCCN)C(=O)N[C@H](C(=O)N[C@@H](CCCN=C(N)N)C(=O)N[C@@H](Cc1ccccc1)C(=O)N[C@@H](CCC(N)=O)C(=O)O)C(C)C. The predicted molar refractivity (Wildman–Crippen MR) is 301 cm³/mol. The average Bonchev–Trinajstić information content (AvgIpc) is 4.00. The van der Waals surface area contributed by atoms with Crippen LogP contribution in [0, 0.1) is 11.8 Å². The standard InChI is InChI=1S/C53H87N15O15/c1-27(2)40(66-47(77)35(20-22-39(71)72)63-51(81)42(30(6)69)68-44(74)32-17-12-24-58-32)49(79)60-29(5)43(73)61-33(16-10-11-23-54)46(76)67-41(28(3)4)50(80)62-34(18-13-25-59-53(56)57)45(75)65-37(26-31-14-8-7-9-15-31)48(78)64-36(52(82)83)19-21-38(55)70/h7-9,14-15,27-30,32-37,40-42,58,69H,10-13,16-26,54H2,1-6H3,(H2,55,70)(H,60,79)(H,61,73)(H,62,80)(H,63,81)(H,64,78)(H,65,75)(H,66,77)(H,67,76)(H,68,74)(H,71,72)(H,82,83)(H4,56,57,59)/t29-,30+,32-,33-,34-,35-,36-,37-,40-,41-,42-/m0/s1. The molecular weight excluding hydrogens is 1090 g/mol. The van der Waals surface area contributed by atoms with Gasteiger partial charge in [-0.3, -0.25) is 57.7 Å². The number of carbonyl (C=O) groups is 12. The quantitative estimate of drug-likeness (QED) is 0.0168. The van der Waals surface area contributed by atoms with Gasteiger partial charge in [-0.1, -0.05) is 58.0 Å². The van der Waals surface area contributed by atoms with E-state index in [1.54, 1.807) is 58.0 Å². The van der Waals surface area contributed by atoms with Gasteiger partial charge >= 0.3 is 11.9 Å². The van der Waals surface area contributed by atoms with E-state index in [0.29, 0.717) is 37.8 Å². The molecule has 1 aromatic rings. The summed E-state index contributed by atoms with van der Waals surface area (Å²) in [6.07, 6.45) is -1.42. The molecule has 1 aliphatic heterocycles. The van der Waals surface area contributed by atoms with E-state index in [1.165, 1.54) is 13.8 Å². The van der Waals surface area contributed by atoms with E-state index in [0.717, 1.165) is 0 Å². The van der Waals surface area contributed by atoms with Crippen LogP contribution < -0.4 is 76.1 Å². The average molecular weight is 1170 g/mol. The van der Waals surface area contributed by atoms with Crippen LogP contribution in [0.4, 0.5) is 0 Å². The third-order valence-corrected chi connectivity index (χ3v) is 13.3. The lowest BCUT2D eigenvalue weighted by Gasteiger charge is -2.29. The number of amides is 10. The summed E-state index contributed by atoms with van der Waals surface area (Å²) in [5.41, 5.74) is 22.5. The van der Waals surface area contributed by atoms with Gasteiger partial charge < -0.3 is 91.4 Å². The Morgan fingerprint density at radius 2 is 1.05 bits per heavy atom. The van der Waals surface area contributed by atoms with E-state index in [9.17, 15) is 72.9 Å². The van der Waals surface area contributed by atoms with Crippen molar-refractivity contribution < 1.29 is 72.9 Å². The van der Waals surface area contributed by atoms with Gasteiger partial charge in [-0.25, -0.2) is 4.79 Å². The largest absolute Gasteiger partial charge is 0.481 e. The van der Waals surface area contributed by atoms with Crippen molar-refractivity contribution in [3.05, 3.63) is 35.9 Å². The van der Waals surface area contributed by atoms with E-state index < -0.39 is 162 Å². The molecule has 83 heavy (non-hydrogen) atoms. The second-order valence-corrected chi connectivity index (χ2v) is 21.1. The van der Waals surface area contributed by atoms with Crippen LogP contribution in [0.15, 0.2) is 35.3 Å². The number of nitrogens with zero attached hydrogens (tertiary/aromatic N) is 1. The van der Waals surface area contributed by atoms with Crippen LogP contribution in [0.5, 0.6) is 0 Å². The minimum atomic E-state index is -1.57. The molecule has 1 fully saturated rings. The Labute approximate surface area is 482 Å². The Bertz CT molecular complexity index is 2400. The fraction of sp³-hybridized carbons (Fsp3) is 0.642. The fourth-order valence-corrected chi connectivity index (χ4v) is 8.55. The molecule has 1 heterocycles. The zero-order valence-corrected chi connectivity index (χ0v) is 48.0. The van der Waals surface area contributed by atoms with Crippen molar-refractivity contribution >= 4 is 77.0 Å². The van der Waals surface area contributed by atoms with Gasteiger partial charge in [-0.05, 0) is 102 Å². The molecule has 0 bridgehead atoms. The Hall–Kier alpha value is -7.99. The van der Waals surface area contributed by atoms with Gasteiger partial charge in [-0.2, -0.15) is 0 Å². The number of hydrogen-bond acceptors (Lipinski definition) is 16. The van der Waals surface area contributed by atoms with Crippen LogP contribution in [0.2, 0.25) is 0 Å². The number of aliphatic carboxylic acids is 2. The molecule has 0 spiro atoms. The van der Waals surface area contributed by atoms with Crippen LogP contribution in [-0.4, -0.2) is 178 Å². The highest BCUT2D eigenvalue weighted by molar-refractivity contribution is 5.99. The molecule has 30 nitrogen and oxygen atoms in total. The van der Waals surface area contributed by atoms with Crippen LogP contribution in [0.3, 0.4) is 0 Å². The molecule has 21 N–H and O–H groups in total. The number of guanidine groups is 1. The maximum atomic E-state index is 14.3. The molecule has 10 amide bonds. The van der Waals surface area contributed by atoms with Crippen molar-refractivity contribution in [2.24, 2.45) is 39.8 Å². The van der Waals surface area contributed by atoms with E-state index in [4.69, 9.17) is 22.9 Å². The van der Waals surface area contributed by atoms with Gasteiger partial charge in [0, 0.05) is 25.8 Å². The van der Waals surface area contributed by atoms with Crippen LogP contribution in [0.1, 0.15) is 118 Å². The monoisotopic (exact) mass is 1170 g/mol. The third kappa shape index (κ3) is 26.2. The lowest BCUT2D eigenvalue weighted by molar-refractivity contribution is -0.142. The maximum absolute atomic E-state index is 14.3. The number of aliphatic imine (C=N–C) groups is 1. The van der Waals surface area contributed by atoms with Crippen molar-refractivity contribution in [3.8, 4) is 0 Å². The van der Waals surface area contributed by atoms with Gasteiger partial charge in [0.05, 0.1) is 12.1 Å². The Balaban J connectivity index is 2.35. The summed E-state index contributed by atoms with van der Waals surface area (Å²) in [6.45, 7) is 9.68. The van der Waals surface area contributed by atoms with E-state index in [-0.39, 0.29) is 57.6 Å². The summed E-state index contributed by atoms with van der Waals surface area (Å²) in [7, 11) is 0. The van der Waals surface area contributed by atoms with Crippen molar-refractivity contribution in [2.75, 3.05) is 19.6 Å². The van der Waals surface area contributed by atoms with Crippen molar-refractivity contribution in [1.29, 1.82) is 0 Å². The number of aliphatic hydroxyl groups is 1. The molecule has 2 rings (SSSR count). The first-order valence-corrected chi connectivity index (χ1v) is 27.7. The molecule has 1 aromatic carbocycles. The molecule has 1 aliphatic rings. The second kappa shape index (κ2) is 36.5.